The van der Waals surface area contributed by atoms with Gasteiger partial charge in [0.15, 0.2) is 0 Å². The molecule has 3 heteroatoms. The second-order valence-corrected chi connectivity index (χ2v) is 4.04. The smallest absolute Gasteiger partial charge is 0.134 e. The van der Waals surface area contributed by atoms with Gasteiger partial charge in [-0.1, -0.05) is 13.0 Å². The molecular weight excluding hydrogens is 203 g/mol. The van der Waals surface area contributed by atoms with Crippen molar-refractivity contribution < 1.29 is 4.39 Å². The van der Waals surface area contributed by atoms with Crippen LogP contribution in [-0.4, -0.2) is 4.98 Å². The summed E-state index contributed by atoms with van der Waals surface area (Å²) in [6, 6.07) is 3.18. The van der Waals surface area contributed by atoms with Crippen LogP contribution in [0, 0.1) is 19.7 Å². The van der Waals surface area contributed by atoms with E-state index in [1.807, 2.05) is 20.8 Å². The number of rotatable bonds is 1. The molecule has 2 nitrogen and oxygen atoms in total. The number of hydrogen-bond donors (Lipinski definition) is 1. The van der Waals surface area contributed by atoms with Crippen molar-refractivity contribution in [3.05, 3.63) is 34.8 Å². The van der Waals surface area contributed by atoms with E-state index in [1.165, 1.54) is 6.07 Å². The van der Waals surface area contributed by atoms with Gasteiger partial charge < -0.3 is 5.73 Å². The number of benzene rings is 1. The number of aryl methyl sites for hydroxylation is 2. The second-order valence-electron chi connectivity index (χ2n) is 4.04. The summed E-state index contributed by atoms with van der Waals surface area (Å²) < 4.78 is 13.7. The first-order valence-electron chi connectivity index (χ1n) is 5.40. The number of fused-ring (bicyclic) bond motifs is 1. The number of nitrogen functional groups attached to an aromatic ring is 1. The predicted molar refractivity (Wildman–Crippen MR) is 65.0 cm³/mol. The highest BCUT2D eigenvalue weighted by molar-refractivity contribution is 5.94. The van der Waals surface area contributed by atoms with Gasteiger partial charge >= 0.3 is 0 Å². The highest BCUT2D eigenvalue weighted by Gasteiger charge is 2.13. The van der Waals surface area contributed by atoms with E-state index in [0.29, 0.717) is 16.6 Å². The molecule has 0 saturated heterocycles. The van der Waals surface area contributed by atoms with Crippen LogP contribution in [0.4, 0.5) is 10.1 Å². The molecule has 0 spiro atoms. The van der Waals surface area contributed by atoms with Gasteiger partial charge in [0.25, 0.3) is 0 Å². The Morgan fingerprint density at radius 2 is 2.00 bits per heavy atom. The minimum atomic E-state index is -0.295. The zero-order chi connectivity index (χ0) is 11.9. The van der Waals surface area contributed by atoms with E-state index in [1.54, 1.807) is 6.07 Å². The standard InChI is InChI=1S/C13H15FN2/c1-4-10-8(3)12(15)11-9(14)6-5-7(2)13(11)16-10/h5-6H,4H2,1-3H3,(H2,15,16). The molecule has 0 aliphatic carbocycles. The first-order valence-corrected chi connectivity index (χ1v) is 5.40. The Balaban J connectivity index is 2.97. The van der Waals surface area contributed by atoms with Crippen LogP contribution in [0.2, 0.25) is 0 Å². The Bertz CT molecular complexity index is 562. The van der Waals surface area contributed by atoms with Crippen molar-refractivity contribution in [2.24, 2.45) is 0 Å². The maximum Gasteiger partial charge on any atom is 0.134 e. The third-order valence-corrected chi connectivity index (χ3v) is 3.02. The number of aromatic nitrogens is 1. The lowest BCUT2D eigenvalue weighted by Crippen LogP contribution is -2.02. The lowest BCUT2D eigenvalue weighted by Gasteiger charge is -2.12. The molecule has 0 unspecified atom stereocenters. The van der Waals surface area contributed by atoms with E-state index < -0.39 is 0 Å². The molecule has 84 valence electrons. The van der Waals surface area contributed by atoms with Gasteiger partial charge in [-0.25, -0.2) is 4.39 Å². The Hall–Kier alpha value is -1.64. The average molecular weight is 218 g/mol. The summed E-state index contributed by atoms with van der Waals surface area (Å²) in [6.45, 7) is 5.83. The molecule has 0 fully saturated rings. The number of nitrogens with two attached hydrogens (primary N) is 1. The Labute approximate surface area is 94.3 Å². The summed E-state index contributed by atoms with van der Waals surface area (Å²) in [7, 11) is 0. The third-order valence-electron chi connectivity index (χ3n) is 3.02. The van der Waals surface area contributed by atoms with Crippen molar-refractivity contribution >= 4 is 16.6 Å². The number of anilines is 1. The first kappa shape index (κ1) is 10.9. The molecule has 0 aliphatic rings. The topological polar surface area (TPSA) is 38.9 Å². The highest BCUT2D eigenvalue weighted by Crippen LogP contribution is 2.29. The molecule has 0 amide bonds. The Morgan fingerprint density at radius 3 is 2.62 bits per heavy atom. The quantitative estimate of drug-likeness (QED) is 0.798. The van der Waals surface area contributed by atoms with Gasteiger partial charge in [0.05, 0.1) is 10.9 Å². The maximum atomic E-state index is 13.7. The lowest BCUT2D eigenvalue weighted by molar-refractivity contribution is 0.639. The van der Waals surface area contributed by atoms with Crippen molar-refractivity contribution in [1.29, 1.82) is 0 Å². The summed E-state index contributed by atoms with van der Waals surface area (Å²) in [5.74, 6) is -0.295. The molecule has 0 saturated carbocycles. The minimum Gasteiger partial charge on any atom is -0.398 e. The molecule has 0 bridgehead atoms. The Morgan fingerprint density at radius 1 is 1.31 bits per heavy atom. The van der Waals surface area contributed by atoms with Crippen LogP contribution >= 0.6 is 0 Å². The van der Waals surface area contributed by atoms with Gasteiger partial charge in [0.2, 0.25) is 0 Å². The van der Waals surface area contributed by atoms with E-state index in [9.17, 15) is 4.39 Å². The van der Waals surface area contributed by atoms with Crippen molar-refractivity contribution in [2.75, 3.05) is 5.73 Å². The molecule has 2 N–H and O–H groups in total. The maximum absolute atomic E-state index is 13.7. The summed E-state index contributed by atoms with van der Waals surface area (Å²) in [5, 5.41) is 0.453. The third kappa shape index (κ3) is 1.43. The van der Waals surface area contributed by atoms with Crippen molar-refractivity contribution in [1.82, 2.24) is 4.98 Å². The van der Waals surface area contributed by atoms with Crippen LogP contribution in [0.15, 0.2) is 12.1 Å². The number of hydrogen-bond acceptors (Lipinski definition) is 2. The van der Waals surface area contributed by atoms with Crippen LogP contribution in [0.25, 0.3) is 10.9 Å². The van der Waals surface area contributed by atoms with Gasteiger partial charge in [-0.3, -0.25) is 4.98 Å². The largest absolute Gasteiger partial charge is 0.398 e. The average Bonchev–Trinajstić information content (AvgIpc) is 2.27. The molecule has 1 aromatic carbocycles. The zero-order valence-electron chi connectivity index (χ0n) is 9.76. The predicted octanol–water partition coefficient (Wildman–Crippen LogP) is 3.14. The van der Waals surface area contributed by atoms with Gasteiger partial charge in [0, 0.05) is 11.4 Å². The fraction of sp³-hybridized carbons (Fsp3) is 0.308. The van der Waals surface area contributed by atoms with E-state index in [2.05, 4.69) is 4.98 Å². The van der Waals surface area contributed by atoms with Crippen LogP contribution in [0.1, 0.15) is 23.7 Å². The summed E-state index contributed by atoms with van der Waals surface area (Å²) >= 11 is 0. The van der Waals surface area contributed by atoms with Gasteiger partial charge in [-0.15, -0.1) is 0 Å². The van der Waals surface area contributed by atoms with Crippen molar-refractivity contribution in [3.63, 3.8) is 0 Å². The van der Waals surface area contributed by atoms with Crippen LogP contribution in [-0.2, 0) is 6.42 Å². The van der Waals surface area contributed by atoms with E-state index >= 15 is 0 Å². The number of nitrogens with zero attached hydrogens (tertiary/aromatic N) is 1. The summed E-state index contributed by atoms with van der Waals surface area (Å²) in [6.07, 6.45) is 0.807. The molecular formula is C13H15FN2. The summed E-state index contributed by atoms with van der Waals surface area (Å²) in [5.41, 5.74) is 9.97. The van der Waals surface area contributed by atoms with Gasteiger partial charge in [0.1, 0.15) is 5.82 Å². The van der Waals surface area contributed by atoms with Gasteiger partial charge in [-0.2, -0.15) is 0 Å². The molecule has 1 aromatic heterocycles. The normalized spacial score (nSPS) is 11.0. The van der Waals surface area contributed by atoms with E-state index in [-0.39, 0.29) is 5.82 Å². The minimum absolute atomic E-state index is 0.295. The fourth-order valence-electron chi connectivity index (χ4n) is 1.98. The highest BCUT2D eigenvalue weighted by atomic mass is 19.1. The van der Waals surface area contributed by atoms with Gasteiger partial charge in [-0.05, 0) is 37.5 Å². The van der Waals surface area contributed by atoms with Crippen LogP contribution in [0.3, 0.4) is 0 Å². The van der Waals surface area contributed by atoms with Crippen molar-refractivity contribution in [2.45, 2.75) is 27.2 Å². The monoisotopic (exact) mass is 218 g/mol. The van der Waals surface area contributed by atoms with E-state index in [0.717, 1.165) is 23.2 Å². The van der Waals surface area contributed by atoms with Crippen LogP contribution in [0.5, 0.6) is 0 Å². The van der Waals surface area contributed by atoms with Crippen molar-refractivity contribution in [3.8, 4) is 0 Å². The molecule has 2 aromatic rings. The second kappa shape index (κ2) is 3.74. The molecule has 2 rings (SSSR count). The molecule has 0 atom stereocenters. The zero-order valence-corrected chi connectivity index (χ0v) is 9.76. The molecule has 16 heavy (non-hydrogen) atoms. The lowest BCUT2D eigenvalue weighted by atomic mass is 10.0. The first-order chi connectivity index (χ1) is 7.56. The number of halogens is 1. The summed E-state index contributed by atoms with van der Waals surface area (Å²) in [4.78, 5) is 4.49. The molecule has 0 aliphatic heterocycles. The number of pyridine rings is 1. The Kier molecular flexibility index (Phi) is 2.54. The SMILES string of the molecule is CCc1nc2c(C)ccc(F)c2c(N)c1C. The fourth-order valence-corrected chi connectivity index (χ4v) is 1.98. The van der Waals surface area contributed by atoms with E-state index in [4.69, 9.17) is 5.73 Å². The van der Waals surface area contributed by atoms with Crippen LogP contribution < -0.4 is 5.73 Å². The molecule has 0 radical (unpaired) electrons. The molecule has 1 heterocycles.